The average Bonchev–Trinajstić information content (AvgIpc) is 2.67. The third kappa shape index (κ3) is 14.7. The minimum atomic E-state index is -0.231. The molecular weight excluding hydrogens is 352 g/mol. The molecule has 1 aromatic carbocycles. The van der Waals surface area contributed by atoms with Gasteiger partial charge in [0.2, 0.25) is 0 Å². The maximum absolute atomic E-state index is 6.32. The number of rotatable bonds is 18. The Morgan fingerprint density at radius 1 is 0.621 bits per heavy atom. The summed E-state index contributed by atoms with van der Waals surface area (Å²) in [7, 11) is 0. The smallest absolute Gasteiger partial charge is 0.0355 e. The molecule has 1 aromatic rings. The molecule has 2 nitrogen and oxygen atoms in total. The summed E-state index contributed by atoms with van der Waals surface area (Å²) in [5.41, 5.74) is 8.85. The Kier molecular flexibility index (Phi) is 17.4. The molecule has 0 heterocycles. The lowest BCUT2D eigenvalue weighted by Crippen LogP contribution is -2.30. The summed E-state index contributed by atoms with van der Waals surface area (Å²) in [6, 6.07) is 8.72. The predicted molar refractivity (Wildman–Crippen MR) is 132 cm³/mol. The van der Waals surface area contributed by atoms with Gasteiger partial charge in [0.05, 0.1) is 0 Å². The van der Waals surface area contributed by atoms with Crippen molar-refractivity contribution in [2.24, 2.45) is 5.73 Å². The summed E-state index contributed by atoms with van der Waals surface area (Å²) in [4.78, 5) is 0. The SMILES string of the molecule is CCCCCCCCCCCCCCCCCCc1ccccc1C(C)(C)N.N. The highest BCUT2D eigenvalue weighted by Gasteiger charge is 2.17. The van der Waals surface area contributed by atoms with Crippen molar-refractivity contribution in [2.45, 2.75) is 135 Å². The maximum Gasteiger partial charge on any atom is 0.0355 e. The van der Waals surface area contributed by atoms with Gasteiger partial charge in [-0.2, -0.15) is 0 Å². The first-order valence-corrected chi connectivity index (χ1v) is 12.4. The van der Waals surface area contributed by atoms with E-state index >= 15 is 0 Å². The highest BCUT2D eigenvalue weighted by Crippen LogP contribution is 2.23. The summed E-state index contributed by atoms with van der Waals surface area (Å²) in [5.74, 6) is 0. The van der Waals surface area contributed by atoms with Crippen molar-refractivity contribution in [2.75, 3.05) is 0 Å². The fourth-order valence-electron chi connectivity index (χ4n) is 4.23. The molecular formula is C27H52N2. The van der Waals surface area contributed by atoms with E-state index in [1.807, 2.05) is 0 Å². The van der Waals surface area contributed by atoms with Crippen molar-refractivity contribution < 1.29 is 0 Å². The molecule has 29 heavy (non-hydrogen) atoms. The first-order valence-electron chi connectivity index (χ1n) is 12.4. The Morgan fingerprint density at radius 3 is 1.41 bits per heavy atom. The van der Waals surface area contributed by atoms with E-state index in [9.17, 15) is 0 Å². The molecule has 1 rings (SSSR count). The van der Waals surface area contributed by atoms with Gasteiger partial charge in [0.1, 0.15) is 0 Å². The van der Waals surface area contributed by atoms with Crippen LogP contribution in [0, 0.1) is 0 Å². The standard InChI is InChI=1S/C27H49N.H3N/c1-4-5-6-7-8-9-10-11-12-13-14-15-16-17-18-19-22-25-23-20-21-24-26(25)27(2,3)28;/h20-21,23-24H,4-19,22,28H2,1-3H3;1H3. The van der Waals surface area contributed by atoms with Crippen LogP contribution >= 0.6 is 0 Å². The fourth-order valence-corrected chi connectivity index (χ4v) is 4.23. The molecule has 0 saturated heterocycles. The Morgan fingerprint density at radius 2 is 1.00 bits per heavy atom. The van der Waals surface area contributed by atoms with Crippen molar-refractivity contribution in [3.8, 4) is 0 Å². The molecule has 0 unspecified atom stereocenters. The molecule has 0 aliphatic heterocycles. The normalized spacial score (nSPS) is 11.4. The highest BCUT2D eigenvalue weighted by atomic mass is 14.7. The van der Waals surface area contributed by atoms with Crippen LogP contribution in [-0.4, -0.2) is 0 Å². The van der Waals surface area contributed by atoms with E-state index in [4.69, 9.17) is 5.73 Å². The van der Waals surface area contributed by atoms with E-state index in [1.165, 1.54) is 120 Å². The van der Waals surface area contributed by atoms with Gasteiger partial charge in [0, 0.05) is 5.54 Å². The van der Waals surface area contributed by atoms with Crippen LogP contribution in [0.25, 0.3) is 0 Å². The lowest BCUT2D eigenvalue weighted by molar-refractivity contribution is 0.527. The van der Waals surface area contributed by atoms with Gasteiger partial charge < -0.3 is 11.9 Å². The molecule has 0 aliphatic carbocycles. The van der Waals surface area contributed by atoms with Gasteiger partial charge in [-0.15, -0.1) is 0 Å². The molecule has 170 valence electrons. The van der Waals surface area contributed by atoms with Gasteiger partial charge in [0.25, 0.3) is 0 Å². The first kappa shape index (κ1) is 28.1. The number of hydrogen-bond acceptors (Lipinski definition) is 2. The van der Waals surface area contributed by atoms with Crippen molar-refractivity contribution in [1.82, 2.24) is 6.15 Å². The van der Waals surface area contributed by atoms with Crippen molar-refractivity contribution in [3.05, 3.63) is 35.4 Å². The average molecular weight is 405 g/mol. The number of hydrogen-bond donors (Lipinski definition) is 2. The van der Waals surface area contributed by atoms with E-state index in [2.05, 4.69) is 45.0 Å². The van der Waals surface area contributed by atoms with Gasteiger partial charge >= 0.3 is 0 Å². The number of benzene rings is 1. The molecule has 0 aliphatic rings. The zero-order valence-electron chi connectivity index (χ0n) is 20.1. The first-order chi connectivity index (χ1) is 13.6. The van der Waals surface area contributed by atoms with Gasteiger partial charge in [-0.05, 0) is 37.8 Å². The summed E-state index contributed by atoms with van der Waals surface area (Å²) < 4.78 is 0. The predicted octanol–water partition coefficient (Wildman–Crippen LogP) is 8.85. The van der Waals surface area contributed by atoms with Crippen LogP contribution in [0.3, 0.4) is 0 Å². The number of nitrogens with two attached hydrogens (primary N) is 1. The van der Waals surface area contributed by atoms with Gasteiger partial charge in [-0.3, -0.25) is 0 Å². The van der Waals surface area contributed by atoms with Gasteiger partial charge in [0.15, 0.2) is 0 Å². The van der Waals surface area contributed by atoms with Crippen LogP contribution in [-0.2, 0) is 12.0 Å². The van der Waals surface area contributed by atoms with E-state index in [0.717, 1.165) is 0 Å². The second kappa shape index (κ2) is 18.0. The van der Waals surface area contributed by atoms with Crippen LogP contribution in [0.5, 0.6) is 0 Å². The Bertz CT molecular complexity index is 476. The summed E-state index contributed by atoms with van der Waals surface area (Å²) in [6.07, 6.45) is 24.0. The van der Waals surface area contributed by atoms with E-state index in [1.54, 1.807) is 0 Å². The summed E-state index contributed by atoms with van der Waals surface area (Å²) in [6.45, 7) is 6.52. The highest BCUT2D eigenvalue weighted by molar-refractivity contribution is 5.32. The van der Waals surface area contributed by atoms with Crippen molar-refractivity contribution >= 4 is 0 Å². The molecule has 0 aromatic heterocycles. The monoisotopic (exact) mass is 404 g/mol. The second-order valence-electron chi connectivity index (χ2n) is 9.43. The van der Waals surface area contributed by atoms with Crippen LogP contribution in [0.15, 0.2) is 24.3 Å². The lowest BCUT2D eigenvalue weighted by Gasteiger charge is -2.23. The minimum absolute atomic E-state index is 0. The topological polar surface area (TPSA) is 61.0 Å². The molecule has 0 spiro atoms. The van der Waals surface area contributed by atoms with Crippen LogP contribution in [0.1, 0.15) is 135 Å². The molecule has 0 bridgehead atoms. The van der Waals surface area contributed by atoms with Crippen LogP contribution < -0.4 is 11.9 Å². The third-order valence-corrected chi connectivity index (χ3v) is 6.01. The largest absolute Gasteiger partial charge is 0.344 e. The molecule has 0 saturated carbocycles. The summed E-state index contributed by atoms with van der Waals surface area (Å²) >= 11 is 0. The molecule has 5 N–H and O–H groups in total. The van der Waals surface area contributed by atoms with E-state index < -0.39 is 0 Å². The maximum atomic E-state index is 6.32. The zero-order valence-corrected chi connectivity index (χ0v) is 20.1. The van der Waals surface area contributed by atoms with Crippen LogP contribution in [0.2, 0.25) is 0 Å². The Hall–Kier alpha value is -0.860. The molecule has 0 atom stereocenters. The molecule has 2 heteroatoms. The van der Waals surface area contributed by atoms with E-state index in [0.29, 0.717) is 0 Å². The lowest BCUT2D eigenvalue weighted by atomic mass is 9.89. The summed E-state index contributed by atoms with van der Waals surface area (Å²) in [5, 5.41) is 0. The fraction of sp³-hybridized carbons (Fsp3) is 0.778. The van der Waals surface area contributed by atoms with Gasteiger partial charge in [-0.25, -0.2) is 0 Å². The van der Waals surface area contributed by atoms with Crippen LogP contribution in [0.4, 0.5) is 0 Å². The van der Waals surface area contributed by atoms with Crippen molar-refractivity contribution in [3.63, 3.8) is 0 Å². The van der Waals surface area contributed by atoms with Crippen molar-refractivity contribution in [1.29, 1.82) is 0 Å². The minimum Gasteiger partial charge on any atom is -0.344 e. The molecule has 0 radical (unpaired) electrons. The Balaban J connectivity index is 0.00000784. The molecule has 0 amide bonds. The number of aryl methyl sites for hydroxylation is 1. The quantitative estimate of drug-likeness (QED) is 0.240. The Labute approximate surface area is 183 Å². The number of unbranched alkanes of at least 4 members (excludes halogenated alkanes) is 15. The molecule has 0 fully saturated rings. The zero-order chi connectivity index (χ0) is 20.5. The second-order valence-corrected chi connectivity index (χ2v) is 9.43. The van der Waals surface area contributed by atoms with E-state index in [-0.39, 0.29) is 11.7 Å². The van der Waals surface area contributed by atoms with Gasteiger partial charge in [-0.1, -0.05) is 128 Å². The third-order valence-electron chi connectivity index (χ3n) is 6.01.